The van der Waals surface area contributed by atoms with E-state index in [9.17, 15) is 4.79 Å². The van der Waals surface area contributed by atoms with Gasteiger partial charge in [-0.3, -0.25) is 9.78 Å². The van der Waals surface area contributed by atoms with Crippen molar-refractivity contribution in [2.24, 2.45) is 5.92 Å². The number of aryl methyl sites for hydroxylation is 1. The molecule has 4 rings (SSSR count). The van der Waals surface area contributed by atoms with Gasteiger partial charge in [-0.25, -0.2) is 9.97 Å². The Labute approximate surface area is 160 Å². The Bertz CT molecular complexity index is 780. The number of hydrogen-bond donors (Lipinski definition) is 0. The zero-order valence-corrected chi connectivity index (χ0v) is 16.0. The van der Waals surface area contributed by atoms with E-state index in [1.54, 1.807) is 6.20 Å². The van der Waals surface area contributed by atoms with Crippen molar-refractivity contribution in [3.63, 3.8) is 0 Å². The number of piperazine rings is 1. The van der Waals surface area contributed by atoms with Crippen molar-refractivity contribution in [3.05, 3.63) is 36.2 Å². The monoisotopic (exact) mass is 365 g/mol. The van der Waals surface area contributed by atoms with Gasteiger partial charge in [-0.15, -0.1) is 0 Å². The minimum Gasteiger partial charge on any atom is -0.353 e. The van der Waals surface area contributed by atoms with Crippen LogP contribution in [0.1, 0.15) is 38.3 Å². The summed E-state index contributed by atoms with van der Waals surface area (Å²) in [5, 5.41) is 0. The van der Waals surface area contributed by atoms with Gasteiger partial charge in [0.25, 0.3) is 0 Å². The lowest BCUT2D eigenvalue weighted by molar-refractivity contribution is -0.135. The molecule has 0 spiro atoms. The summed E-state index contributed by atoms with van der Waals surface area (Å²) in [6.45, 7) is 5.30. The summed E-state index contributed by atoms with van der Waals surface area (Å²) < 4.78 is 0. The van der Waals surface area contributed by atoms with Gasteiger partial charge in [-0.1, -0.05) is 25.8 Å². The maximum Gasteiger partial charge on any atom is 0.225 e. The molecule has 1 saturated carbocycles. The van der Waals surface area contributed by atoms with Gasteiger partial charge < -0.3 is 9.80 Å². The maximum absolute atomic E-state index is 12.7. The molecule has 142 valence electrons. The first-order valence-corrected chi connectivity index (χ1v) is 10.1. The van der Waals surface area contributed by atoms with Gasteiger partial charge in [0, 0.05) is 50.1 Å². The lowest BCUT2D eigenvalue weighted by atomic mass is 10.1. The second-order valence-corrected chi connectivity index (χ2v) is 7.40. The van der Waals surface area contributed by atoms with Gasteiger partial charge >= 0.3 is 0 Å². The number of nitrogens with zero attached hydrogens (tertiary/aromatic N) is 5. The molecule has 2 aliphatic rings. The van der Waals surface area contributed by atoms with E-state index in [0.29, 0.717) is 11.7 Å². The number of carbonyl (C=O) groups excluding carboxylic acids is 1. The van der Waals surface area contributed by atoms with Crippen LogP contribution in [0.4, 0.5) is 5.82 Å². The van der Waals surface area contributed by atoms with E-state index in [1.165, 1.54) is 12.8 Å². The minimum atomic E-state index is 0.262. The molecule has 0 radical (unpaired) electrons. The Kier molecular flexibility index (Phi) is 5.32. The molecule has 0 unspecified atom stereocenters. The Morgan fingerprint density at radius 3 is 2.56 bits per heavy atom. The molecule has 1 aliphatic heterocycles. The smallest absolute Gasteiger partial charge is 0.225 e. The van der Waals surface area contributed by atoms with Gasteiger partial charge in [0.15, 0.2) is 5.82 Å². The number of aromatic nitrogens is 3. The molecule has 1 amide bonds. The van der Waals surface area contributed by atoms with Crippen molar-refractivity contribution in [3.8, 4) is 11.5 Å². The molecule has 3 heterocycles. The van der Waals surface area contributed by atoms with Crippen molar-refractivity contribution in [2.75, 3.05) is 31.1 Å². The largest absolute Gasteiger partial charge is 0.353 e. The third-order valence-electron chi connectivity index (χ3n) is 5.64. The Morgan fingerprint density at radius 2 is 1.89 bits per heavy atom. The predicted octanol–water partition coefficient (Wildman–Crippen LogP) is 2.94. The number of anilines is 1. The summed E-state index contributed by atoms with van der Waals surface area (Å²) in [5.74, 6) is 2.24. The van der Waals surface area contributed by atoms with E-state index in [4.69, 9.17) is 4.98 Å². The summed E-state index contributed by atoms with van der Waals surface area (Å²) in [7, 11) is 0. The van der Waals surface area contributed by atoms with Crippen LogP contribution >= 0.6 is 0 Å². The van der Waals surface area contributed by atoms with Crippen LogP contribution in [-0.2, 0) is 11.2 Å². The van der Waals surface area contributed by atoms with Crippen molar-refractivity contribution >= 4 is 11.7 Å². The highest BCUT2D eigenvalue weighted by Crippen LogP contribution is 2.27. The molecule has 6 heteroatoms. The fourth-order valence-electron chi connectivity index (χ4n) is 4.02. The molecular formula is C21H27N5O. The number of hydrogen-bond acceptors (Lipinski definition) is 5. The van der Waals surface area contributed by atoms with Crippen LogP contribution in [0.15, 0.2) is 30.5 Å². The first-order chi connectivity index (χ1) is 13.2. The van der Waals surface area contributed by atoms with Gasteiger partial charge in [0.05, 0.1) is 0 Å². The first-order valence-electron chi connectivity index (χ1n) is 10.1. The average molecular weight is 365 g/mol. The van der Waals surface area contributed by atoms with E-state index in [2.05, 4.69) is 27.9 Å². The molecule has 1 saturated heterocycles. The Balaban J connectivity index is 1.48. The normalized spacial score (nSPS) is 18.1. The summed E-state index contributed by atoms with van der Waals surface area (Å²) in [5.41, 5.74) is 1.81. The fourth-order valence-corrected chi connectivity index (χ4v) is 4.02. The van der Waals surface area contributed by atoms with Crippen LogP contribution in [0.2, 0.25) is 0 Å². The minimum absolute atomic E-state index is 0.262. The summed E-state index contributed by atoms with van der Waals surface area (Å²) in [4.78, 5) is 30.8. The molecule has 0 bridgehead atoms. The average Bonchev–Trinajstić information content (AvgIpc) is 3.28. The van der Waals surface area contributed by atoms with Crippen LogP contribution < -0.4 is 4.90 Å². The molecule has 0 aromatic carbocycles. The van der Waals surface area contributed by atoms with Gasteiger partial charge in [0.1, 0.15) is 11.5 Å². The molecule has 6 nitrogen and oxygen atoms in total. The van der Waals surface area contributed by atoms with Gasteiger partial charge in [0.2, 0.25) is 5.91 Å². The van der Waals surface area contributed by atoms with E-state index < -0.39 is 0 Å². The van der Waals surface area contributed by atoms with Crippen LogP contribution in [0.5, 0.6) is 0 Å². The molecule has 2 aromatic rings. The highest BCUT2D eigenvalue weighted by Gasteiger charge is 2.29. The standard InChI is InChI=1S/C21H27N5O/c1-2-17-15-19(24-20(23-17)18-9-5-6-10-22-18)25-11-13-26(14-12-25)21(27)16-7-3-4-8-16/h5-6,9-10,15-16H,2-4,7-8,11-14H2,1H3. The SMILES string of the molecule is CCc1cc(N2CCN(C(=O)C3CCCC3)CC2)nc(-c2ccccn2)n1. The highest BCUT2D eigenvalue weighted by atomic mass is 16.2. The third kappa shape index (κ3) is 3.94. The van der Waals surface area contributed by atoms with Crippen molar-refractivity contribution in [1.82, 2.24) is 19.9 Å². The molecule has 0 N–H and O–H groups in total. The van der Waals surface area contributed by atoms with Crippen molar-refractivity contribution in [1.29, 1.82) is 0 Å². The van der Waals surface area contributed by atoms with E-state index in [1.807, 2.05) is 23.1 Å². The zero-order chi connectivity index (χ0) is 18.6. The molecule has 27 heavy (non-hydrogen) atoms. The molecular weight excluding hydrogens is 338 g/mol. The quantitative estimate of drug-likeness (QED) is 0.834. The predicted molar refractivity (Wildman–Crippen MR) is 105 cm³/mol. The molecule has 2 aromatic heterocycles. The molecule has 2 fully saturated rings. The second-order valence-electron chi connectivity index (χ2n) is 7.40. The summed E-state index contributed by atoms with van der Waals surface area (Å²) >= 11 is 0. The maximum atomic E-state index is 12.7. The molecule has 1 aliphatic carbocycles. The Morgan fingerprint density at radius 1 is 1.11 bits per heavy atom. The second kappa shape index (κ2) is 8.03. The van der Waals surface area contributed by atoms with Crippen LogP contribution in [0.25, 0.3) is 11.5 Å². The summed E-state index contributed by atoms with van der Waals surface area (Å²) in [6, 6.07) is 7.86. The number of carbonyl (C=O) groups is 1. The van der Waals surface area contributed by atoms with E-state index in [-0.39, 0.29) is 5.92 Å². The topological polar surface area (TPSA) is 62.2 Å². The first kappa shape index (κ1) is 17.9. The van der Waals surface area contributed by atoms with Crippen LogP contribution in [-0.4, -0.2) is 51.9 Å². The molecule has 0 atom stereocenters. The highest BCUT2D eigenvalue weighted by molar-refractivity contribution is 5.79. The van der Waals surface area contributed by atoms with Crippen LogP contribution in [0.3, 0.4) is 0 Å². The van der Waals surface area contributed by atoms with Crippen LogP contribution in [0, 0.1) is 5.92 Å². The summed E-state index contributed by atoms with van der Waals surface area (Å²) in [6.07, 6.45) is 7.16. The third-order valence-corrected chi connectivity index (χ3v) is 5.64. The van der Waals surface area contributed by atoms with Gasteiger partial charge in [-0.2, -0.15) is 0 Å². The van der Waals surface area contributed by atoms with Crippen molar-refractivity contribution < 1.29 is 4.79 Å². The fraction of sp³-hybridized carbons (Fsp3) is 0.524. The number of pyridine rings is 1. The Hall–Kier alpha value is -2.50. The number of amides is 1. The van der Waals surface area contributed by atoms with E-state index in [0.717, 1.165) is 62.6 Å². The van der Waals surface area contributed by atoms with Gasteiger partial charge in [-0.05, 0) is 31.4 Å². The lowest BCUT2D eigenvalue weighted by Crippen LogP contribution is -2.50. The van der Waals surface area contributed by atoms with Crippen molar-refractivity contribution in [2.45, 2.75) is 39.0 Å². The lowest BCUT2D eigenvalue weighted by Gasteiger charge is -2.36. The van der Waals surface area contributed by atoms with E-state index >= 15 is 0 Å². The number of rotatable bonds is 4. The zero-order valence-electron chi connectivity index (χ0n) is 16.0.